The Kier molecular flexibility index (Phi) is 4.92. The van der Waals surface area contributed by atoms with E-state index in [2.05, 4.69) is 16.3 Å². The van der Waals surface area contributed by atoms with Crippen LogP contribution in [0.4, 0.5) is 0 Å². The predicted octanol–water partition coefficient (Wildman–Crippen LogP) is 0.0100. The molecule has 138 valence electrons. The van der Waals surface area contributed by atoms with E-state index in [4.69, 9.17) is 23.8 Å². The second-order valence-electron chi connectivity index (χ2n) is 6.65. The van der Waals surface area contributed by atoms with E-state index in [0.717, 1.165) is 0 Å². The molecular formula is C17H20ClN5O3. The van der Waals surface area contributed by atoms with E-state index in [1.807, 2.05) is 0 Å². The fraction of sp³-hybridized carbons (Fsp3) is 0.529. The smallest absolute Gasteiger partial charge is 0.251 e. The van der Waals surface area contributed by atoms with Crippen LogP contribution in [0.25, 0.3) is 0 Å². The molecule has 2 atom stereocenters. The van der Waals surface area contributed by atoms with Crippen molar-refractivity contribution in [2.24, 2.45) is 5.73 Å². The van der Waals surface area contributed by atoms with E-state index in [9.17, 15) is 14.4 Å². The van der Waals surface area contributed by atoms with Crippen molar-refractivity contribution < 1.29 is 14.4 Å². The van der Waals surface area contributed by atoms with Gasteiger partial charge in [0.25, 0.3) is 5.91 Å². The van der Waals surface area contributed by atoms with Gasteiger partial charge in [0, 0.05) is 6.54 Å². The first-order valence-corrected chi connectivity index (χ1v) is 8.83. The van der Waals surface area contributed by atoms with Gasteiger partial charge >= 0.3 is 0 Å². The van der Waals surface area contributed by atoms with E-state index in [0.29, 0.717) is 37.4 Å². The molecule has 3 rings (SSSR count). The number of likely N-dealkylation sites (tertiary alicyclic amines) is 1. The second-order valence-corrected chi connectivity index (χ2v) is 7.04. The molecule has 0 spiro atoms. The van der Waals surface area contributed by atoms with Gasteiger partial charge in [0.2, 0.25) is 11.8 Å². The number of hydrogen-bond acceptors (Lipinski definition) is 4. The Morgan fingerprint density at radius 3 is 2.77 bits per heavy atom. The molecule has 2 aliphatic rings. The zero-order valence-electron chi connectivity index (χ0n) is 14.2. The number of amides is 3. The summed E-state index contributed by atoms with van der Waals surface area (Å²) in [7, 11) is 0. The van der Waals surface area contributed by atoms with E-state index in [1.54, 1.807) is 17.2 Å². The van der Waals surface area contributed by atoms with Gasteiger partial charge in [-0.2, -0.15) is 5.10 Å². The topological polar surface area (TPSA) is 110 Å². The molecule has 26 heavy (non-hydrogen) atoms. The van der Waals surface area contributed by atoms with Crippen LogP contribution in [0.15, 0.2) is 12.3 Å². The van der Waals surface area contributed by atoms with Crippen molar-refractivity contribution in [3.05, 3.63) is 17.4 Å². The number of aromatic nitrogens is 2. The normalized spacial score (nSPS) is 21.7. The molecule has 0 bridgehead atoms. The van der Waals surface area contributed by atoms with Crippen LogP contribution in [0.1, 0.15) is 32.1 Å². The van der Waals surface area contributed by atoms with Crippen LogP contribution < -0.4 is 11.1 Å². The quantitative estimate of drug-likeness (QED) is 0.680. The molecule has 0 unspecified atom stereocenters. The van der Waals surface area contributed by atoms with E-state index in [-0.39, 0.29) is 18.2 Å². The number of terminal acetylenes is 1. The highest BCUT2D eigenvalue weighted by Gasteiger charge is 2.57. The zero-order valence-corrected chi connectivity index (χ0v) is 14.9. The maximum absolute atomic E-state index is 13.1. The molecule has 8 nitrogen and oxygen atoms in total. The lowest BCUT2D eigenvalue weighted by atomic mass is 10.1. The molecule has 9 heteroatoms. The molecule has 1 aliphatic carbocycles. The lowest BCUT2D eigenvalue weighted by Crippen LogP contribution is -2.52. The summed E-state index contributed by atoms with van der Waals surface area (Å²) in [6, 6.07) is 0.218. The maximum Gasteiger partial charge on any atom is 0.251 e. The SMILES string of the molecule is C#C[C@H](CC(N)=O)NC(=O)[C@@H]1CCCN1C(=O)C1(n2nccc2Cl)CC1. The van der Waals surface area contributed by atoms with Crippen molar-refractivity contribution >= 4 is 29.3 Å². The largest absolute Gasteiger partial charge is 0.370 e. The number of nitrogens with one attached hydrogen (secondary N) is 1. The number of rotatable bonds is 6. The molecule has 2 fully saturated rings. The van der Waals surface area contributed by atoms with Gasteiger partial charge in [-0.05, 0) is 31.7 Å². The lowest BCUT2D eigenvalue weighted by Gasteiger charge is -2.29. The number of nitrogens with zero attached hydrogens (tertiary/aromatic N) is 3. The van der Waals surface area contributed by atoms with Gasteiger partial charge in [-0.1, -0.05) is 17.5 Å². The third kappa shape index (κ3) is 3.27. The minimum Gasteiger partial charge on any atom is -0.370 e. The molecule has 3 N–H and O–H groups in total. The second kappa shape index (κ2) is 7.00. The first-order valence-electron chi connectivity index (χ1n) is 8.45. The Morgan fingerprint density at radius 1 is 1.50 bits per heavy atom. The number of nitrogens with two attached hydrogens (primary N) is 1. The summed E-state index contributed by atoms with van der Waals surface area (Å²) in [5.74, 6) is 1.21. The van der Waals surface area contributed by atoms with E-state index < -0.39 is 23.5 Å². The van der Waals surface area contributed by atoms with Crippen LogP contribution in [0.5, 0.6) is 0 Å². The van der Waals surface area contributed by atoms with Crippen LogP contribution in [0.2, 0.25) is 5.15 Å². The standard InChI is InChI=1S/C17H20ClN5O3/c1-2-11(10-14(19)24)21-15(25)12-4-3-9-22(12)16(26)17(6-7-17)23-13(18)5-8-20-23/h1,5,8,11-12H,3-4,6-7,9-10H2,(H2,19,24)(H,21,25)/t11-,12+/m1/s1. The molecular weight excluding hydrogens is 358 g/mol. The highest BCUT2D eigenvalue weighted by atomic mass is 35.5. The predicted molar refractivity (Wildman–Crippen MR) is 93.8 cm³/mol. The maximum atomic E-state index is 13.1. The summed E-state index contributed by atoms with van der Waals surface area (Å²) in [6.07, 6.45) is 9.26. The third-order valence-electron chi connectivity index (χ3n) is 4.86. The van der Waals surface area contributed by atoms with E-state index in [1.165, 1.54) is 4.68 Å². The Bertz CT molecular complexity index is 780. The van der Waals surface area contributed by atoms with Gasteiger partial charge in [0.15, 0.2) is 0 Å². The van der Waals surface area contributed by atoms with Crippen molar-refractivity contribution in [2.75, 3.05) is 6.54 Å². The number of halogens is 1. The fourth-order valence-corrected chi connectivity index (χ4v) is 3.67. The molecule has 1 aromatic heterocycles. The summed E-state index contributed by atoms with van der Waals surface area (Å²) in [5, 5.41) is 7.18. The Morgan fingerprint density at radius 2 is 2.23 bits per heavy atom. The Labute approximate surface area is 156 Å². The summed E-state index contributed by atoms with van der Waals surface area (Å²) >= 11 is 6.13. The summed E-state index contributed by atoms with van der Waals surface area (Å²) in [6.45, 7) is 0.480. The first kappa shape index (κ1) is 18.3. The molecule has 1 aliphatic heterocycles. The number of primary amides is 1. The van der Waals surface area contributed by atoms with Crippen molar-refractivity contribution in [2.45, 2.75) is 49.7 Å². The van der Waals surface area contributed by atoms with Gasteiger partial charge in [0.05, 0.1) is 18.7 Å². The summed E-state index contributed by atoms with van der Waals surface area (Å²) in [5.41, 5.74) is 4.33. The molecule has 0 aromatic carbocycles. The van der Waals surface area contributed by atoms with Crippen LogP contribution in [-0.2, 0) is 19.9 Å². The summed E-state index contributed by atoms with van der Waals surface area (Å²) in [4.78, 5) is 38.4. The third-order valence-corrected chi connectivity index (χ3v) is 5.15. The Balaban J connectivity index is 1.73. The van der Waals surface area contributed by atoms with Crippen molar-refractivity contribution in [3.8, 4) is 12.3 Å². The minimum absolute atomic E-state index is 0.143. The molecule has 0 radical (unpaired) electrons. The van der Waals surface area contributed by atoms with E-state index >= 15 is 0 Å². The van der Waals surface area contributed by atoms with Crippen molar-refractivity contribution in [1.82, 2.24) is 20.0 Å². The van der Waals surface area contributed by atoms with Gasteiger partial charge < -0.3 is 16.0 Å². The van der Waals surface area contributed by atoms with Crippen molar-refractivity contribution in [1.29, 1.82) is 0 Å². The molecule has 1 aromatic rings. The average molecular weight is 378 g/mol. The van der Waals surface area contributed by atoms with Crippen molar-refractivity contribution in [3.63, 3.8) is 0 Å². The molecule has 3 amide bonds. The van der Waals surface area contributed by atoms with Gasteiger partial charge in [-0.25, -0.2) is 4.68 Å². The number of carbonyl (C=O) groups is 3. The monoisotopic (exact) mass is 377 g/mol. The van der Waals surface area contributed by atoms with Crippen LogP contribution >= 0.6 is 11.6 Å². The lowest BCUT2D eigenvalue weighted by molar-refractivity contribution is -0.142. The molecule has 1 saturated heterocycles. The Hall–Kier alpha value is -2.53. The fourth-order valence-electron chi connectivity index (χ4n) is 3.41. The van der Waals surface area contributed by atoms with Crippen LogP contribution in [0, 0.1) is 12.3 Å². The molecule has 2 heterocycles. The van der Waals surface area contributed by atoms with Gasteiger partial charge in [-0.15, -0.1) is 6.42 Å². The summed E-state index contributed by atoms with van der Waals surface area (Å²) < 4.78 is 1.53. The van der Waals surface area contributed by atoms with Crippen LogP contribution in [0.3, 0.4) is 0 Å². The number of hydrogen-bond donors (Lipinski definition) is 2. The highest BCUT2D eigenvalue weighted by molar-refractivity contribution is 6.29. The first-order chi connectivity index (χ1) is 12.4. The van der Waals surface area contributed by atoms with Gasteiger partial charge in [0.1, 0.15) is 16.7 Å². The van der Waals surface area contributed by atoms with Crippen LogP contribution in [-0.4, -0.2) is 51.0 Å². The van der Waals surface area contributed by atoms with Gasteiger partial charge in [-0.3, -0.25) is 14.4 Å². The molecule has 1 saturated carbocycles. The highest BCUT2D eigenvalue weighted by Crippen LogP contribution is 2.47. The average Bonchev–Trinajstić information content (AvgIpc) is 3.03. The number of carbonyl (C=O) groups excluding carboxylic acids is 3. The zero-order chi connectivity index (χ0) is 18.9. The minimum atomic E-state index is -0.803.